The summed E-state index contributed by atoms with van der Waals surface area (Å²) in [6, 6.07) is 3.84. The van der Waals surface area contributed by atoms with Crippen molar-refractivity contribution in [3.63, 3.8) is 0 Å². The van der Waals surface area contributed by atoms with Crippen LogP contribution in [0.1, 0.15) is 11.3 Å². The van der Waals surface area contributed by atoms with Gasteiger partial charge in [-0.15, -0.1) is 0 Å². The Morgan fingerprint density at radius 2 is 2.23 bits per heavy atom. The van der Waals surface area contributed by atoms with E-state index in [-0.39, 0.29) is 0 Å². The van der Waals surface area contributed by atoms with Gasteiger partial charge in [0.05, 0.1) is 0 Å². The molecule has 0 fully saturated rings. The molecule has 4 heteroatoms. The summed E-state index contributed by atoms with van der Waals surface area (Å²) in [5.41, 5.74) is 7.52. The Hall–Kier alpha value is -1.58. The van der Waals surface area contributed by atoms with Gasteiger partial charge in [-0.05, 0) is 18.6 Å². The summed E-state index contributed by atoms with van der Waals surface area (Å²) in [6.07, 6.45) is 1.71. The van der Waals surface area contributed by atoms with Gasteiger partial charge in [0.2, 0.25) is 0 Å². The summed E-state index contributed by atoms with van der Waals surface area (Å²) < 4.78 is 0. The highest BCUT2D eigenvalue weighted by Crippen LogP contribution is 2.02. The van der Waals surface area contributed by atoms with Gasteiger partial charge >= 0.3 is 0 Å². The summed E-state index contributed by atoms with van der Waals surface area (Å²) in [6.45, 7) is 1.96. The summed E-state index contributed by atoms with van der Waals surface area (Å²) in [4.78, 5) is 4.15. The van der Waals surface area contributed by atoms with E-state index in [0.29, 0.717) is 5.84 Å². The van der Waals surface area contributed by atoms with E-state index < -0.39 is 0 Å². The molecule has 70 valence electrons. The van der Waals surface area contributed by atoms with Crippen LogP contribution in [0.25, 0.3) is 0 Å². The van der Waals surface area contributed by atoms with Crippen molar-refractivity contribution in [1.82, 2.24) is 9.99 Å². The van der Waals surface area contributed by atoms with Crippen molar-refractivity contribution in [2.24, 2.45) is 10.8 Å². The molecule has 0 aliphatic carbocycles. The molecule has 0 aliphatic heterocycles. The van der Waals surface area contributed by atoms with Crippen LogP contribution in [0.15, 0.2) is 23.4 Å². The third-order valence-electron chi connectivity index (χ3n) is 1.56. The Bertz CT molecular complexity index is 317. The van der Waals surface area contributed by atoms with Crippen LogP contribution in [-0.4, -0.2) is 29.9 Å². The van der Waals surface area contributed by atoms with Gasteiger partial charge in [-0.1, -0.05) is 6.07 Å². The van der Waals surface area contributed by atoms with Crippen molar-refractivity contribution in [1.29, 1.82) is 0 Å². The molecule has 1 aromatic heterocycles. The number of nitrogens with two attached hydrogens (primary N) is 1. The molecule has 13 heavy (non-hydrogen) atoms. The van der Waals surface area contributed by atoms with Crippen LogP contribution in [0.3, 0.4) is 0 Å². The number of hydrazone groups is 1. The van der Waals surface area contributed by atoms with E-state index in [1.807, 2.05) is 33.2 Å². The van der Waals surface area contributed by atoms with Crippen molar-refractivity contribution in [2.75, 3.05) is 14.1 Å². The molecule has 4 nitrogen and oxygen atoms in total. The minimum Gasteiger partial charge on any atom is -0.380 e. The fourth-order valence-electron chi connectivity index (χ4n) is 1.02. The van der Waals surface area contributed by atoms with Crippen LogP contribution in [0.5, 0.6) is 0 Å². The maximum atomic E-state index is 5.74. The molecule has 0 saturated carbocycles. The van der Waals surface area contributed by atoms with Gasteiger partial charge in [0, 0.05) is 20.3 Å². The molecule has 0 amide bonds. The SMILES string of the molecule is Cc1cccnc1/C(N)=N/N(C)C. The number of nitrogens with zero attached hydrogens (tertiary/aromatic N) is 3. The van der Waals surface area contributed by atoms with Crippen LogP contribution in [-0.2, 0) is 0 Å². The predicted octanol–water partition coefficient (Wildman–Crippen LogP) is 0.572. The second-order valence-corrected chi connectivity index (χ2v) is 3.00. The van der Waals surface area contributed by atoms with E-state index in [2.05, 4.69) is 10.1 Å². The first-order valence-corrected chi connectivity index (χ1v) is 4.04. The molecule has 2 N–H and O–H groups in total. The molecule has 0 saturated heterocycles. The van der Waals surface area contributed by atoms with Crippen LogP contribution in [0.4, 0.5) is 0 Å². The highest BCUT2D eigenvalue weighted by molar-refractivity contribution is 5.96. The standard InChI is InChI=1S/C9H14N4/c1-7-5-4-6-11-8(7)9(10)12-13(2)3/h4-6H,1-3H3,(H2,10,12). The fourth-order valence-corrected chi connectivity index (χ4v) is 1.02. The molecule has 0 radical (unpaired) electrons. The van der Waals surface area contributed by atoms with Crippen LogP contribution >= 0.6 is 0 Å². The topological polar surface area (TPSA) is 54.5 Å². The first kappa shape index (κ1) is 9.51. The van der Waals surface area contributed by atoms with E-state index in [0.717, 1.165) is 11.3 Å². The van der Waals surface area contributed by atoms with E-state index in [4.69, 9.17) is 5.73 Å². The number of aromatic nitrogens is 1. The van der Waals surface area contributed by atoms with Crippen molar-refractivity contribution in [3.05, 3.63) is 29.6 Å². The average molecular weight is 178 g/mol. The van der Waals surface area contributed by atoms with Crippen molar-refractivity contribution >= 4 is 5.84 Å². The van der Waals surface area contributed by atoms with Crippen molar-refractivity contribution in [2.45, 2.75) is 6.92 Å². The van der Waals surface area contributed by atoms with E-state index >= 15 is 0 Å². The van der Waals surface area contributed by atoms with Crippen molar-refractivity contribution < 1.29 is 0 Å². The summed E-state index contributed by atoms with van der Waals surface area (Å²) in [7, 11) is 3.65. The van der Waals surface area contributed by atoms with E-state index in [9.17, 15) is 0 Å². The van der Waals surface area contributed by atoms with Gasteiger partial charge in [-0.2, -0.15) is 5.10 Å². The second-order valence-electron chi connectivity index (χ2n) is 3.00. The van der Waals surface area contributed by atoms with Crippen LogP contribution in [0, 0.1) is 6.92 Å². The van der Waals surface area contributed by atoms with Gasteiger partial charge in [-0.3, -0.25) is 4.98 Å². The van der Waals surface area contributed by atoms with Gasteiger partial charge in [0.25, 0.3) is 0 Å². The smallest absolute Gasteiger partial charge is 0.169 e. The average Bonchev–Trinajstić information content (AvgIpc) is 2.03. The number of hydrogen-bond donors (Lipinski definition) is 1. The summed E-state index contributed by atoms with van der Waals surface area (Å²) in [5, 5.41) is 5.73. The lowest BCUT2D eigenvalue weighted by atomic mass is 10.2. The molecule has 1 rings (SSSR count). The first-order valence-electron chi connectivity index (χ1n) is 4.04. The monoisotopic (exact) mass is 178 g/mol. The first-order chi connectivity index (χ1) is 6.11. The predicted molar refractivity (Wildman–Crippen MR) is 53.4 cm³/mol. The number of hydrogen-bond acceptors (Lipinski definition) is 3. The molecule has 0 unspecified atom stereocenters. The zero-order valence-electron chi connectivity index (χ0n) is 8.15. The van der Waals surface area contributed by atoms with Gasteiger partial charge in [0.1, 0.15) is 5.69 Å². The van der Waals surface area contributed by atoms with Crippen molar-refractivity contribution in [3.8, 4) is 0 Å². The second kappa shape index (κ2) is 3.89. The van der Waals surface area contributed by atoms with Gasteiger partial charge < -0.3 is 10.7 Å². The van der Waals surface area contributed by atoms with E-state index in [1.165, 1.54) is 0 Å². The van der Waals surface area contributed by atoms with Gasteiger partial charge in [0.15, 0.2) is 5.84 Å². The molecule has 0 aliphatic rings. The minimum atomic E-state index is 0.447. The lowest BCUT2D eigenvalue weighted by molar-refractivity contribution is 0.437. The number of amidine groups is 1. The lowest BCUT2D eigenvalue weighted by Crippen LogP contribution is -2.20. The molecule has 0 aromatic carbocycles. The highest BCUT2D eigenvalue weighted by Gasteiger charge is 2.03. The summed E-state index contributed by atoms with van der Waals surface area (Å²) >= 11 is 0. The zero-order chi connectivity index (χ0) is 9.84. The normalized spacial score (nSPS) is 11.5. The maximum absolute atomic E-state index is 5.74. The Morgan fingerprint density at radius 3 is 2.77 bits per heavy atom. The Balaban J connectivity index is 3.02. The quantitative estimate of drug-likeness (QED) is 0.409. The molecular weight excluding hydrogens is 164 g/mol. The maximum Gasteiger partial charge on any atom is 0.169 e. The Labute approximate surface area is 78.1 Å². The molecule has 1 aromatic rings. The fraction of sp³-hybridized carbons (Fsp3) is 0.333. The number of aryl methyl sites for hydroxylation is 1. The number of pyridine rings is 1. The molecular formula is C9H14N4. The molecule has 0 bridgehead atoms. The van der Waals surface area contributed by atoms with Crippen LogP contribution in [0.2, 0.25) is 0 Å². The largest absolute Gasteiger partial charge is 0.380 e. The number of rotatable bonds is 2. The lowest BCUT2D eigenvalue weighted by Gasteiger charge is -2.07. The molecule has 0 atom stereocenters. The third-order valence-corrected chi connectivity index (χ3v) is 1.56. The molecule has 0 spiro atoms. The Morgan fingerprint density at radius 1 is 1.54 bits per heavy atom. The van der Waals surface area contributed by atoms with E-state index in [1.54, 1.807) is 11.2 Å². The van der Waals surface area contributed by atoms with Gasteiger partial charge in [-0.25, -0.2) is 0 Å². The summed E-state index contributed by atoms with van der Waals surface area (Å²) in [5.74, 6) is 0.447. The zero-order valence-corrected chi connectivity index (χ0v) is 8.15. The Kier molecular flexibility index (Phi) is 2.84. The molecule has 1 heterocycles. The van der Waals surface area contributed by atoms with Crippen LogP contribution < -0.4 is 5.73 Å². The highest BCUT2D eigenvalue weighted by atomic mass is 15.4. The minimum absolute atomic E-state index is 0.447. The third kappa shape index (κ3) is 2.43.